The van der Waals surface area contributed by atoms with E-state index in [2.05, 4.69) is 0 Å². The molecule has 0 aromatic heterocycles. The number of rotatable bonds is 2. The van der Waals surface area contributed by atoms with Gasteiger partial charge in [-0.1, -0.05) is 18.2 Å². The lowest BCUT2D eigenvalue weighted by Gasteiger charge is -2.14. The molecule has 124 valence electrons. The fourth-order valence-corrected chi connectivity index (χ4v) is 2.38. The van der Waals surface area contributed by atoms with Crippen LogP contribution in [0.5, 0.6) is 0 Å². The van der Waals surface area contributed by atoms with Crippen LogP contribution in [0.4, 0.5) is 11.4 Å². The molecule has 3 rings (SSSR count). The van der Waals surface area contributed by atoms with Crippen LogP contribution in [0, 0.1) is 17.0 Å². The van der Waals surface area contributed by atoms with Crippen LogP contribution in [0.3, 0.4) is 0 Å². The highest BCUT2D eigenvalue weighted by atomic mass is 16.6. The van der Waals surface area contributed by atoms with E-state index >= 15 is 0 Å². The van der Waals surface area contributed by atoms with Crippen LogP contribution in [0.2, 0.25) is 0 Å². The zero-order valence-corrected chi connectivity index (χ0v) is 13.2. The number of benzene rings is 2. The summed E-state index contributed by atoms with van der Waals surface area (Å²) < 4.78 is 0. The number of carbonyl (C=O) groups excluding carboxylic acids is 2. The summed E-state index contributed by atoms with van der Waals surface area (Å²) in [4.78, 5) is 36.1. The van der Waals surface area contributed by atoms with Crippen molar-refractivity contribution in [2.45, 2.75) is 13.8 Å². The largest absolute Gasteiger partial charge is 0.397 e. The number of amides is 2. The lowest BCUT2D eigenvalue weighted by atomic mass is 10.1. The molecule has 0 unspecified atom stereocenters. The number of aliphatic hydroxyl groups excluding tert-OH is 1. The number of nitro benzene ring substituents is 1. The lowest BCUT2D eigenvalue weighted by Crippen LogP contribution is -2.30. The average molecular weight is 328 g/mol. The van der Waals surface area contributed by atoms with Crippen LogP contribution >= 0.6 is 0 Å². The first-order chi connectivity index (χ1) is 11.4. The van der Waals surface area contributed by atoms with Crippen molar-refractivity contribution in [1.82, 2.24) is 0 Å². The van der Waals surface area contributed by atoms with Crippen molar-refractivity contribution in [3.8, 4) is 0 Å². The van der Waals surface area contributed by atoms with E-state index in [1.165, 1.54) is 24.3 Å². The number of fused-ring (bicyclic) bond motifs is 1. The summed E-state index contributed by atoms with van der Waals surface area (Å²) in [6, 6.07) is 10.8. The Kier molecular flexibility index (Phi) is 5.05. The van der Waals surface area contributed by atoms with Crippen molar-refractivity contribution in [1.29, 1.82) is 0 Å². The topological polar surface area (TPSA) is 101 Å². The van der Waals surface area contributed by atoms with Crippen LogP contribution < -0.4 is 4.90 Å². The maximum absolute atomic E-state index is 12.3. The second-order valence-corrected chi connectivity index (χ2v) is 5.06. The maximum atomic E-state index is 12.3. The monoisotopic (exact) mass is 328 g/mol. The van der Waals surface area contributed by atoms with E-state index in [1.54, 1.807) is 32.0 Å². The summed E-state index contributed by atoms with van der Waals surface area (Å²) in [5.74, 6) is -1.08. The molecular formula is C17H16N2O5. The minimum absolute atomic E-state index is 0.00296. The van der Waals surface area contributed by atoms with Gasteiger partial charge in [-0.3, -0.25) is 19.7 Å². The van der Waals surface area contributed by atoms with Gasteiger partial charge in [-0.05, 0) is 37.6 Å². The SMILES string of the molecule is CCO.Cc1ccc(N2C(=O)c3ccccc3C2=O)c([N+](=O)[O-])c1. The third-order valence-electron chi connectivity index (χ3n) is 3.36. The third kappa shape index (κ3) is 3.02. The lowest BCUT2D eigenvalue weighted by molar-refractivity contribution is -0.384. The van der Waals surface area contributed by atoms with E-state index in [1.807, 2.05) is 0 Å². The van der Waals surface area contributed by atoms with Crippen molar-refractivity contribution in [2.75, 3.05) is 11.5 Å². The van der Waals surface area contributed by atoms with Gasteiger partial charge in [0.1, 0.15) is 5.69 Å². The van der Waals surface area contributed by atoms with Crippen LogP contribution in [0.25, 0.3) is 0 Å². The molecule has 7 heteroatoms. The molecule has 7 nitrogen and oxygen atoms in total. The summed E-state index contributed by atoms with van der Waals surface area (Å²) in [7, 11) is 0. The van der Waals surface area contributed by atoms with Gasteiger partial charge in [0.25, 0.3) is 17.5 Å². The molecule has 0 radical (unpaired) electrons. The number of nitrogens with zero attached hydrogens (tertiary/aromatic N) is 2. The fourth-order valence-electron chi connectivity index (χ4n) is 2.38. The number of carbonyl (C=O) groups is 2. The third-order valence-corrected chi connectivity index (χ3v) is 3.36. The number of imide groups is 1. The second-order valence-electron chi connectivity index (χ2n) is 5.06. The predicted octanol–water partition coefficient (Wildman–Crippen LogP) is 2.70. The van der Waals surface area contributed by atoms with Crippen LogP contribution in [-0.2, 0) is 0 Å². The molecule has 0 bridgehead atoms. The van der Waals surface area contributed by atoms with E-state index in [0.29, 0.717) is 5.56 Å². The minimum atomic E-state index is -0.591. The van der Waals surface area contributed by atoms with Gasteiger partial charge in [0, 0.05) is 12.7 Å². The van der Waals surface area contributed by atoms with Gasteiger partial charge in [-0.15, -0.1) is 0 Å². The number of nitro groups is 1. The molecule has 0 atom stereocenters. The van der Waals surface area contributed by atoms with Crippen molar-refractivity contribution in [3.63, 3.8) is 0 Å². The molecule has 0 spiro atoms. The number of aliphatic hydroxyl groups is 1. The molecule has 1 aliphatic rings. The smallest absolute Gasteiger partial charge is 0.293 e. The minimum Gasteiger partial charge on any atom is -0.397 e. The molecular weight excluding hydrogens is 312 g/mol. The average Bonchev–Trinajstić information content (AvgIpc) is 2.80. The predicted molar refractivity (Wildman–Crippen MR) is 88.2 cm³/mol. The molecule has 2 aromatic carbocycles. The van der Waals surface area contributed by atoms with Crippen LogP contribution in [0.15, 0.2) is 42.5 Å². The molecule has 1 N–H and O–H groups in total. The van der Waals surface area contributed by atoms with Gasteiger partial charge in [0.2, 0.25) is 0 Å². The van der Waals surface area contributed by atoms with Crippen LogP contribution in [0.1, 0.15) is 33.2 Å². The number of hydrogen-bond donors (Lipinski definition) is 1. The Bertz CT molecular complexity index is 781. The van der Waals surface area contributed by atoms with Gasteiger partial charge in [-0.25, -0.2) is 4.90 Å². The Balaban J connectivity index is 0.000000647. The summed E-state index contributed by atoms with van der Waals surface area (Å²) in [5.41, 5.74) is 0.943. The molecule has 0 fully saturated rings. The number of hydrogen-bond acceptors (Lipinski definition) is 5. The van der Waals surface area contributed by atoms with Gasteiger partial charge in [0.05, 0.1) is 16.1 Å². The molecule has 0 saturated heterocycles. The van der Waals surface area contributed by atoms with E-state index in [-0.39, 0.29) is 29.1 Å². The van der Waals surface area contributed by atoms with Crippen molar-refractivity contribution in [3.05, 3.63) is 69.3 Å². The van der Waals surface area contributed by atoms with E-state index < -0.39 is 16.7 Å². The Hall–Kier alpha value is -3.06. The Morgan fingerprint density at radius 2 is 1.58 bits per heavy atom. The zero-order valence-electron chi connectivity index (χ0n) is 13.2. The van der Waals surface area contributed by atoms with E-state index in [4.69, 9.17) is 5.11 Å². The quantitative estimate of drug-likeness (QED) is 0.519. The van der Waals surface area contributed by atoms with Gasteiger partial charge in [0.15, 0.2) is 0 Å². The van der Waals surface area contributed by atoms with Crippen LogP contribution in [-0.4, -0.2) is 28.5 Å². The molecule has 24 heavy (non-hydrogen) atoms. The first-order valence-corrected chi connectivity index (χ1v) is 7.26. The fraction of sp³-hybridized carbons (Fsp3) is 0.176. The highest BCUT2D eigenvalue weighted by Crippen LogP contribution is 2.35. The highest BCUT2D eigenvalue weighted by Gasteiger charge is 2.39. The maximum Gasteiger partial charge on any atom is 0.293 e. The molecule has 2 amide bonds. The van der Waals surface area contributed by atoms with Gasteiger partial charge in [-0.2, -0.15) is 0 Å². The molecule has 2 aromatic rings. The first-order valence-electron chi connectivity index (χ1n) is 7.26. The molecule has 0 aliphatic carbocycles. The highest BCUT2D eigenvalue weighted by molar-refractivity contribution is 6.35. The number of anilines is 1. The first kappa shape index (κ1) is 17.3. The zero-order chi connectivity index (χ0) is 17.9. The Morgan fingerprint density at radius 3 is 2.04 bits per heavy atom. The molecule has 1 aliphatic heterocycles. The van der Waals surface area contributed by atoms with Crippen molar-refractivity contribution < 1.29 is 19.6 Å². The Labute approximate surface area is 138 Å². The van der Waals surface area contributed by atoms with Crippen molar-refractivity contribution in [2.24, 2.45) is 0 Å². The number of aryl methyl sites for hydroxylation is 1. The van der Waals surface area contributed by atoms with Gasteiger partial charge >= 0.3 is 0 Å². The second kappa shape index (κ2) is 7.01. The summed E-state index contributed by atoms with van der Waals surface area (Å²) >= 11 is 0. The summed E-state index contributed by atoms with van der Waals surface area (Å²) in [5, 5.41) is 18.7. The standard InChI is InChI=1S/C15H10N2O4.C2H6O/c1-9-6-7-12(13(8-9)17(20)21)16-14(18)10-4-2-3-5-11(10)15(16)19;1-2-3/h2-8H,1H3;3H,2H2,1H3. The van der Waals surface area contributed by atoms with E-state index in [0.717, 1.165) is 4.90 Å². The molecule has 1 heterocycles. The Morgan fingerprint density at radius 1 is 1.08 bits per heavy atom. The normalized spacial score (nSPS) is 12.5. The van der Waals surface area contributed by atoms with Gasteiger partial charge < -0.3 is 5.11 Å². The molecule has 0 saturated carbocycles. The van der Waals surface area contributed by atoms with Crippen molar-refractivity contribution >= 4 is 23.2 Å². The van der Waals surface area contributed by atoms with E-state index in [9.17, 15) is 19.7 Å². The summed E-state index contributed by atoms with van der Waals surface area (Å²) in [6.45, 7) is 3.64. The summed E-state index contributed by atoms with van der Waals surface area (Å²) in [6.07, 6.45) is 0.